The molecular formula is C42H48N6O4. The molecule has 4 aliphatic rings. The third kappa shape index (κ3) is 7.52. The first-order chi connectivity index (χ1) is 25.2. The zero-order valence-electron chi connectivity index (χ0n) is 30.1. The Bertz CT molecular complexity index is 1860. The Labute approximate surface area is 305 Å². The van der Waals surface area contributed by atoms with Crippen LogP contribution in [0.5, 0.6) is 0 Å². The summed E-state index contributed by atoms with van der Waals surface area (Å²) in [4.78, 5) is 40.9. The van der Waals surface area contributed by atoms with Gasteiger partial charge in [0.05, 0.1) is 12.2 Å². The molecule has 270 valence electrons. The summed E-state index contributed by atoms with van der Waals surface area (Å²) in [5, 5.41) is 26.2. The Morgan fingerprint density at radius 3 is 1.46 bits per heavy atom. The van der Waals surface area contributed by atoms with Gasteiger partial charge in [-0.15, -0.1) is 0 Å². The number of carbonyl (C=O) groups is 2. The van der Waals surface area contributed by atoms with E-state index in [2.05, 4.69) is 30.4 Å². The first-order valence-electron chi connectivity index (χ1n) is 18.8. The lowest BCUT2D eigenvalue weighted by Crippen LogP contribution is -2.23. The largest absolute Gasteiger partial charge is 0.392 e. The van der Waals surface area contributed by atoms with Crippen molar-refractivity contribution in [1.29, 1.82) is 0 Å². The predicted octanol–water partition coefficient (Wildman–Crippen LogP) is 6.15. The van der Waals surface area contributed by atoms with Crippen LogP contribution >= 0.6 is 0 Å². The van der Waals surface area contributed by atoms with E-state index in [1.165, 1.54) is 11.1 Å². The fourth-order valence-electron chi connectivity index (χ4n) is 7.95. The molecule has 4 N–H and O–H groups in total. The number of amides is 2. The average molecular weight is 701 g/mol. The molecule has 2 atom stereocenters. The molecule has 2 saturated heterocycles. The number of aliphatic hydroxyl groups is 2. The number of carbonyl (C=O) groups excluding carboxylic acids is 2. The lowest BCUT2D eigenvalue weighted by molar-refractivity contribution is 0.101. The highest BCUT2D eigenvalue weighted by molar-refractivity contribution is 6.05. The van der Waals surface area contributed by atoms with Gasteiger partial charge in [-0.1, -0.05) is 24.3 Å². The highest BCUT2D eigenvalue weighted by Crippen LogP contribution is 2.43. The number of aromatic nitrogens is 2. The highest BCUT2D eigenvalue weighted by atomic mass is 16.3. The van der Waals surface area contributed by atoms with Crippen LogP contribution in [-0.4, -0.2) is 80.2 Å². The Morgan fingerprint density at radius 1 is 0.673 bits per heavy atom. The first kappa shape index (κ1) is 34.6. The van der Waals surface area contributed by atoms with Crippen LogP contribution in [0.25, 0.3) is 11.1 Å². The maximum Gasteiger partial charge on any atom is 0.274 e. The number of β-amino-alcohol motifs (C(OH)–C–C–N with tert-alkyl or cyclic N) is 2. The van der Waals surface area contributed by atoms with Crippen molar-refractivity contribution in [3.63, 3.8) is 0 Å². The number of pyridine rings is 2. The molecule has 2 amide bonds. The lowest BCUT2D eigenvalue weighted by Gasteiger charge is -2.19. The van der Waals surface area contributed by atoms with Gasteiger partial charge in [0.2, 0.25) is 0 Å². The van der Waals surface area contributed by atoms with Gasteiger partial charge in [-0.25, -0.2) is 0 Å². The van der Waals surface area contributed by atoms with Gasteiger partial charge in [-0.2, -0.15) is 0 Å². The van der Waals surface area contributed by atoms with E-state index in [0.717, 1.165) is 98.1 Å². The monoisotopic (exact) mass is 700 g/mol. The summed E-state index contributed by atoms with van der Waals surface area (Å²) in [5.41, 5.74) is 10.7. The van der Waals surface area contributed by atoms with E-state index >= 15 is 0 Å². The van der Waals surface area contributed by atoms with E-state index in [4.69, 9.17) is 0 Å². The zero-order valence-corrected chi connectivity index (χ0v) is 30.1. The predicted molar refractivity (Wildman–Crippen MR) is 201 cm³/mol. The molecule has 10 nitrogen and oxygen atoms in total. The Balaban J connectivity index is 0.979. The minimum absolute atomic E-state index is 0.245. The van der Waals surface area contributed by atoms with E-state index < -0.39 is 0 Å². The second kappa shape index (κ2) is 14.5. The molecule has 4 fully saturated rings. The summed E-state index contributed by atoms with van der Waals surface area (Å²) in [7, 11) is 0. The second-order valence-electron chi connectivity index (χ2n) is 15.3. The number of nitrogens with one attached hydrogen (secondary N) is 2. The van der Waals surface area contributed by atoms with Crippen LogP contribution < -0.4 is 10.6 Å². The molecule has 0 bridgehead atoms. The number of likely N-dealkylation sites (tertiary alicyclic amines) is 2. The fraction of sp³-hybridized carbons (Fsp3) is 0.429. The molecule has 2 aromatic carbocycles. The molecule has 2 aromatic heterocycles. The van der Waals surface area contributed by atoms with Crippen molar-refractivity contribution < 1.29 is 19.8 Å². The maximum atomic E-state index is 13.6. The van der Waals surface area contributed by atoms with Crippen molar-refractivity contribution >= 4 is 23.2 Å². The number of aliphatic hydroxyl groups excluding tert-OH is 2. The van der Waals surface area contributed by atoms with Crippen molar-refractivity contribution in [3.8, 4) is 11.1 Å². The number of hydrogen-bond acceptors (Lipinski definition) is 8. The first-order valence-corrected chi connectivity index (χ1v) is 18.8. The van der Waals surface area contributed by atoms with Gasteiger partial charge in [0.25, 0.3) is 11.8 Å². The topological polar surface area (TPSA) is 131 Å². The molecule has 0 unspecified atom stereocenters. The maximum absolute atomic E-state index is 13.6. The number of rotatable bonds is 11. The van der Waals surface area contributed by atoms with Crippen molar-refractivity contribution in [2.75, 3.05) is 36.8 Å². The molecule has 8 rings (SSSR count). The molecule has 52 heavy (non-hydrogen) atoms. The number of hydrogen-bond donors (Lipinski definition) is 4. The third-order valence-electron chi connectivity index (χ3n) is 11.3. The zero-order chi connectivity index (χ0) is 35.9. The van der Waals surface area contributed by atoms with Gasteiger partial charge in [-0.05, 0) is 133 Å². The van der Waals surface area contributed by atoms with Crippen molar-refractivity contribution in [2.45, 2.75) is 89.5 Å². The summed E-state index contributed by atoms with van der Waals surface area (Å²) in [6.45, 7) is 8.58. The van der Waals surface area contributed by atoms with Gasteiger partial charge in [0.1, 0.15) is 11.4 Å². The molecule has 4 heterocycles. The minimum Gasteiger partial charge on any atom is -0.392 e. The summed E-state index contributed by atoms with van der Waals surface area (Å²) < 4.78 is 0. The molecule has 10 heteroatoms. The third-order valence-corrected chi connectivity index (χ3v) is 11.3. The molecule has 2 aliphatic heterocycles. The quantitative estimate of drug-likeness (QED) is 0.147. The summed E-state index contributed by atoms with van der Waals surface area (Å²) in [6, 6.07) is 15.7. The molecule has 0 radical (unpaired) electrons. The number of anilines is 2. The van der Waals surface area contributed by atoms with E-state index in [1.807, 2.05) is 74.8 Å². The van der Waals surface area contributed by atoms with E-state index in [0.29, 0.717) is 47.7 Å². The Morgan fingerprint density at radius 2 is 1.10 bits per heavy atom. The molecule has 2 aliphatic carbocycles. The van der Waals surface area contributed by atoms with Crippen LogP contribution in [0.1, 0.15) is 105 Å². The smallest absolute Gasteiger partial charge is 0.274 e. The van der Waals surface area contributed by atoms with E-state index in [-0.39, 0.29) is 24.0 Å². The molecular weight excluding hydrogens is 652 g/mol. The average Bonchev–Trinajstić information content (AvgIpc) is 4.07. The standard InChI is InChI=1S/C42H48N6O4/c1-25-33(5-3-7-37(25)45-41(51)39-17-35(27-9-10-27)29(19-43-39)21-47-15-13-31(49)23-47)34-6-4-8-38(26(34)2)46-42(52)40-18-36(28-11-12-28)30(20-44-40)22-48-16-14-32(50)24-48/h3-8,17-20,27-28,31-32,49-50H,9-16,21-24H2,1-2H3,(H,45,51)(H,46,52)/t31-,32-/m1/s1. The normalized spacial score (nSPS) is 20.7. The van der Waals surface area contributed by atoms with Crippen LogP contribution in [-0.2, 0) is 13.1 Å². The Kier molecular flexibility index (Phi) is 9.65. The van der Waals surface area contributed by atoms with Crippen molar-refractivity contribution in [1.82, 2.24) is 19.8 Å². The minimum atomic E-state index is -0.269. The lowest BCUT2D eigenvalue weighted by atomic mass is 9.94. The fourth-order valence-corrected chi connectivity index (χ4v) is 7.95. The van der Waals surface area contributed by atoms with E-state index in [1.54, 1.807) is 0 Å². The van der Waals surface area contributed by atoms with Gasteiger partial charge < -0.3 is 20.8 Å². The van der Waals surface area contributed by atoms with Crippen LogP contribution in [0.2, 0.25) is 0 Å². The van der Waals surface area contributed by atoms with Gasteiger partial charge >= 0.3 is 0 Å². The van der Waals surface area contributed by atoms with Crippen molar-refractivity contribution in [3.05, 3.63) is 106 Å². The van der Waals surface area contributed by atoms with Crippen molar-refractivity contribution in [2.24, 2.45) is 0 Å². The number of benzene rings is 2. The SMILES string of the molecule is Cc1c(NC(=O)c2cc(C3CC3)c(CN3CC[C@@H](O)C3)cn2)cccc1-c1cccc(NC(=O)c2cc(C3CC3)c(CN3CC[C@@H](O)C3)cn2)c1C. The molecule has 0 spiro atoms. The summed E-state index contributed by atoms with van der Waals surface area (Å²) in [6.07, 6.45) is 9.23. The Hall–Kier alpha value is -4.48. The van der Waals surface area contributed by atoms with Crippen LogP contribution in [0, 0.1) is 13.8 Å². The van der Waals surface area contributed by atoms with Gasteiger partial charge in [0.15, 0.2) is 0 Å². The van der Waals surface area contributed by atoms with E-state index in [9.17, 15) is 19.8 Å². The number of nitrogens with zero attached hydrogens (tertiary/aromatic N) is 4. The highest BCUT2D eigenvalue weighted by Gasteiger charge is 2.31. The van der Waals surface area contributed by atoms with Gasteiger partial charge in [-0.3, -0.25) is 29.4 Å². The summed E-state index contributed by atoms with van der Waals surface area (Å²) in [5.74, 6) is 0.433. The van der Waals surface area contributed by atoms with Crippen LogP contribution in [0.4, 0.5) is 11.4 Å². The summed E-state index contributed by atoms with van der Waals surface area (Å²) >= 11 is 0. The molecule has 2 saturated carbocycles. The van der Waals surface area contributed by atoms with Crippen LogP contribution in [0.15, 0.2) is 60.9 Å². The second-order valence-corrected chi connectivity index (χ2v) is 15.3. The van der Waals surface area contributed by atoms with Crippen LogP contribution in [0.3, 0.4) is 0 Å². The van der Waals surface area contributed by atoms with Gasteiger partial charge in [0, 0.05) is 63.0 Å². The molecule has 4 aromatic rings.